The average Bonchev–Trinajstić information content (AvgIpc) is 2.96. The van der Waals surface area contributed by atoms with Gasteiger partial charge in [-0.25, -0.2) is 9.97 Å². The van der Waals surface area contributed by atoms with Crippen molar-refractivity contribution in [1.82, 2.24) is 14.4 Å². The minimum Gasteiger partial charge on any atom is -0.369 e. The summed E-state index contributed by atoms with van der Waals surface area (Å²) < 4.78 is 1.88. The Hall–Kier alpha value is -2.88. The molecule has 4 aromatic rings. The van der Waals surface area contributed by atoms with E-state index in [1.165, 1.54) is 11.1 Å². The first-order valence-corrected chi connectivity index (χ1v) is 7.71. The van der Waals surface area contributed by atoms with Crippen molar-refractivity contribution in [2.75, 3.05) is 5.73 Å². The van der Waals surface area contributed by atoms with Gasteiger partial charge in [0.05, 0.1) is 11.2 Å². The molecule has 0 aliphatic rings. The number of nitrogens with zero attached hydrogens (tertiary/aromatic N) is 3. The highest BCUT2D eigenvalue weighted by Crippen LogP contribution is 2.24. The summed E-state index contributed by atoms with van der Waals surface area (Å²) in [7, 11) is 0. The van der Waals surface area contributed by atoms with Gasteiger partial charge in [0.25, 0.3) is 0 Å². The van der Waals surface area contributed by atoms with Crippen molar-refractivity contribution >= 4 is 22.5 Å². The van der Waals surface area contributed by atoms with E-state index in [1.54, 1.807) is 0 Å². The second-order valence-electron chi connectivity index (χ2n) is 5.97. The summed E-state index contributed by atoms with van der Waals surface area (Å²) in [6, 6.07) is 14.5. The zero-order valence-electron chi connectivity index (χ0n) is 13.2. The number of hydrogen-bond acceptors (Lipinski definition) is 3. The van der Waals surface area contributed by atoms with Gasteiger partial charge in [0.15, 0.2) is 0 Å². The third-order valence-corrected chi connectivity index (χ3v) is 4.34. The van der Waals surface area contributed by atoms with Crippen molar-refractivity contribution in [2.24, 2.45) is 0 Å². The van der Waals surface area contributed by atoms with E-state index < -0.39 is 0 Å². The van der Waals surface area contributed by atoms with E-state index in [9.17, 15) is 0 Å². The predicted molar refractivity (Wildman–Crippen MR) is 93.6 cm³/mol. The highest BCUT2D eigenvalue weighted by molar-refractivity contribution is 5.94. The molecule has 4 nitrogen and oxygen atoms in total. The highest BCUT2D eigenvalue weighted by Gasteiger charge is 2.12. The Morgan fingerprint density at radius 1 is 0.957 bits per heavy atom. The van der Waals surface area contributed by atoms with E-state index in [4.69, 9.17) is 10.7 Å². The molecule has 0 aliphatic carbocycles. The molecule has 4 rings (SSSR count). The third-order valence-electron chi connectivity index (χ3n) is 4.34. The van der Waals surface area contributed by atoms with Crippen LogP contribution in [-0.2, 0) is 6.42 Å². The van der Waals surface area contributed by atoms with Gasteiger partial charge < -0.3 is 5.73 Å². The van der Waals surface area contributed by atoms with Crippen LogP contribution in [0.25, 0.3) is 16.6 Å². The van der Waals surface area contributed by atoms with Gasteiger partial charge in [0.2, 0.25) is 5.95 Å². The van der Waals surface area contributed by atoms with Crippen molar-refractivity contribution in [3.8, 4) is 0 Å². The van der Waals surface area contributed by atoms with E-state index in [2.05, 4.69) is 42.2 Å². The molecule has 114 valence electrons. The van der Waals surface area contributed by atoms with Gasteiger partial charge in [0.1, 0.15) is 5.65 Å². The molecule has 2 aromatic carbocycles. The van der Waals surface area contributed by atoms with Crippen molar-refractivity contribution < 1.29 is 0 Å². The van der Waals surface area contributed by atoms with Crippen molar-refractivity contribution in [3.05, 3.63) is 71.0 Å². The first-order chi connectivity index (χ1) is 11.1. The Morgan fingerprint density at radius 3 is 2.57 bits per heavy atom. The van der Waals surface area contributed by atoms with Crippen LogP contribution in [0.1, 0.15) is 22.4 Å². The summed E-state index contributed by atoms with van der Waals surface area (Å²) in [4.78, 5) is 9.36. The number of hydrogen-bond donors (Lipinski definition) is 1. The largest absolute Gasteiger partial charge is 0.369 e. The van der Waals surface area contributed by atoms with Gasteiger partial charge in [-0.15, -0.1) is 0 Å². The molecule has 2 N–H and O–H groups in total. The summed E-state index contributed by atoms with van der Waals surface area (Å²) in [6.45, 7) is 4.17. The van der Waals surface area contributed by atoms with Gasteiger partial charge in [-0.1, -0.05) is 36.4 Å². The fourth-order valence-corrected chi connectivity index (χ4v) is 3.04. The molecule has 0 saturated heterocycles. The van der Waals surface area contributed by atoms with Gasteiger partial charge in [0, 0.05) is 18.0 Å². The molecular weight excluding hydrogens is 284 g/mol. The zero-order valence-corrected chi connectivity index (χ0v) is 13.2. The summed E-state index contributed by atoms with van der Waals surface area (Å²) in [5.74, 6) is 0.477. The van der Waals surface area contributed by atoms with E-state index in [0.717, 1.165) is 34.2 Å². The quantitative estimate of drug-likeness (QED) is 0.614. The second-order valence-corrected chi connectivity index (χ2v) is 5.97. The second kappa shape index (κ2) is 5.09. The Morgan fingerprint density at radius 2 is 1.74 bits per heavy atom. The third kappa shape index (κ3) is 2.23. The molecule has 0 bridgehead atoms. The lowest BCUT2D eigenvalue weighted by molar-refractivity contribution is 1.09. The van der Waals surface area contributed by atoms with Gasteiger partial charge >= 0.3 is 0 Å². The number of aryl methyl sites for hydroxylation is 2. The molecular formula is C19H18N4. The summed E-state index contributed by atoms with van der Waals surface area (Å²) in [5, 5.41) is 1.04. The summed E-state index contributed by atoms with van der Waals surface area (Å²) in [6.07, 6.45) is 2.78. The van der Waals surface area contributed by atoms with Crippen LogP contribution in [0.3, 0.4) is 0 Å². The normalized spacial score (nSPS) is 11.4. The van der Waals surface area contributed by atoms with Gasteiger partial charge in [-0.05, 0) is 36.6 Å². The standard InChI is InChI=1S/C19H18N4/c1-12-6-3-4-8-14(12)10-15-11-23-18(21-15)16-9-5-7-13(2)17(16)22-19(23)20/h3-9,11H,10H2,1-2H3,(H2,20,22). The number of para-hydroxylation sites is 1. The molecule has 0 amide bonds. The molecule has 0 atom stereocenters. The van der Waals surface area contributed by atoms with Gasteiger partial charge in [-0.2, -0.15) is 0 Å². The van der Waals surface area contributed by atoms with E-state index in [-0.39, 0.29) is 0 Å². The molecule has 2 heterocycles. The molecule has 0 spiro atoms. The lowest BCUT2D eigenvalue weighted by Gasteiger charge is -2.05. The van der Waals surface area contributed by atoms with Crippen molar-refractivity contribution in [1.29, 1.82) is 0 Å². The Bertz CT molecular complexity index is 1030. The summed E-state index contributed by atoms with van der Waals surface area (Å²) >= 11 is 0. The molecule has 0 unspecified atom stereocenters. The molecule has 2 aromatic heterocycles. The molecule has 0 saturated carbocycles. The Balaban J connectivity index is 1.91. The fraction of sp³-hybridized carbons (Fsp3) is 0.158. The van der Waals surface area contributed by atoms with Crippen LogP contribution in [-0.4, -0.2) is 14.4 Å². The lowest BCUT2D eigenvalue weighted by atomic mass is 10.0. The zero-order chi connectivity index (χ0) is 16.0. The first-order valence-electron chi connectivity index (χ1n) is 7.71. The molecule has 23 heavy (non-hydrogen) atoms. The number of imidazole rings is 1. The van der Waals surface area contributed by atoms with Crippen LogP contribution < -0.4 is 5.73 Å². The number of rotatable bonds is 2. The van der Waals surface area contributed by atoms with Crippen molar-refractivity contribution in [3.63, 3.8) is 0 Å². The summed E-state index contributed by atoms with van der Waals surface area (Å²) in [5.41, 5.74) is 12.6. The number of fused-ring (bicyclic) bond motifs is 3. The van der Waals surface area contributed by atoms with Crippen molar-refractivity contribution in [2.45, 2.75) is 20.3 Å². The van der Waals surface area contributed by atoms with Crippen LogP contribution in [0.5, 0.6) is 0 Å². The Labute approximate surface area is 134 Å². The smallest absolute Gasteiger partial charge is 0.206 e. The van der Waals surface area contributed by atoms with Gasteiger partial charge in [-0.3, -0.25) is 4.40 Å². The topological polar surface area (TPSA) is 56.2 Å². The molecule has 4 heteroatoms. The SMILES string of the molecule is Cc1ccccc1Cc1cn2c(N)nc3c(C)cccc3c2n1. The fourth-order valence-electron chi connectivity index (χ4n) is 3.04. The van der Waals surface area contributed by atoms with Crippen LogP contribution in [0, 0.1) is 13.8 Å². The molecule has 0 radical (unpaired) electrons. The lowest BCUT2D eigenvalue weighted by Crippen LogP contribution is -2.01. The van der Waals surface area contributed by atoms with E-state index >= 15 is 0 Å². The Kier molecular flexibility index (Phi) is 3.05. The van der Waals surface area contributed by atoms with E-state index in [0.29, 0.717) is 5.95 Å². The number of anilines is 1. The molecule has 0 fully saturated rings. The van der Waals surface area contributed by atoms with Crippen LogP contribution in [0.2, 0.25) is 0 Å². The maximum absolute atomic E-state index is 6.14. The van der Waals surface area contributed by atoms with E-state index in [1.807, 2.05) is 29.7 Å². The highest BCUT2D eigenvalue weighted by atomic mass is 15.1. The first kappa shape index (κ1) is 13.8. The van der Waals surface area contributed by atoms with Crippen LogP contribution >= 0.6 is 0 Å². The number of nitrogens with two attached hydrogens (primary N) is 1. The maximum Gasteiger partial charge on any atom is 0.206 e. The predicted octanol–water partition coefficient (Wildman–Crippen LogP) is 3.67. The minimum absolute atomic E-state index is 0.477. The average molecular weight is 302 g/mol. The van der Waals surface area contributed by atoms with Crippen LogP contribution in [0.15, 0.2) is 48.7 Å². The monoisotopic (exact) mass is 302 g/mol. The number of aromatic nitrogens is 3. The number of nitrogen functional groups attached to an aromatic ring is 1. The number of benzene rings is 2. The van der Waals surface area contributed by atoms with Crippen LogP contribution in [0.4, 0.5) is 5.95 Å². The maximum atomic E-state index is 6.14. The minimum atomic E-state index is 0.477. The molecule has 0 aliphatic heterocycles.